The molecule has 4 aliphatic rings. The summed E-state index contributed by atoms with van der Waals surface area (Å²) in [6.45, 7) is 10.9. The lowest BCUT2D eigenvalue weighted by molar-refractivity contribution is -0.143. The van der Waals surface area contributed by atoms with Crippen LogP contribution in [0.15, 0.2) is 0 Å². The minimum atomic E-state index is -1.23. The Labute approximate surface area is 203 Å². The van der Waals surface area contributed by atoms with Crippen molar-refractivity contribution >= 4 is 20.0 Å². The van der Waals surface area contributed by atoms with Gasteiger partial charge in [-0.1, -0.05) is 19.6 Å². The number of primary amides is 1. The summed E-state index contributed by atoms with van der Waals surface area (Å²) in [5.41, 5.74) is 5.69. The Hall–Kier alpha value is -1.28. The van der Waals surface area contributed by atoms with Crippen LogP contribution >= 0.6 is 0 Å². The number of hydrogen-bond donors (Lipinski definition) is 4. The van der Waals surface area contributed by atoms with Gasteiger partial charge in [0.15, 0.2) is 0 Å². The number of fused-ring (bicyclic) bond motifs is 3. The number of carbonyl (C=O) groups excluding carboxylic acids is 2. The van der Waals surface area contributed by atoms with E-state index in [9.17, 15) is 9.59 Å². The van der Waals surface area contributed by atoms with E-state index in [4.69, 9.17) is 19.9 Å². The van der Waals surface area contributed by atoms with Crippen LogP contribution < -0.4 is 21.7 Å². The number of ether oxygens (including phenoxy) is 3. The van der Waals surface area contributed by atoms with Gasteiger partial charge in [0.25, 0.3) is 0 Å². The zero-order valence-corrected chi connectivity index (χ0v) is 21.9. The van der Waals surface area contributed by atoms with Gasteiger partial charge in [-0.25, -0.2) is 4.79 Å². The van der Waals surface area contributed by atoms with Crippen LogP contribution in [0.1, 0.15) is 32.6 Å². The highest BCUT2D eigenvalue weighted by Gasteiger charge is 2.55. The lowest BCUT2D eigenvalue weighted by Crippen LogP contribution is -2.69. The number of hydrogen-bond acceptors (Lipinski definition) is 8. The number of carbonyl (C=O) groups is 2. The summed E-state index contributed by atoms with van der Waals surface area (Å²) in [4.78, 5) is 29.5. The number of rotatable bonds is 6. The predicted octanol–water partition coefficient (Wildman–Crippen LogP) is 0.560. The average molecular weight is 499 g/mol. The maximum atomic E-state index is 13.8. The first-order chi connectivity index (χ1) is 16.2. The molecule has 0 radical (unpaired) electrons. The molecule has 194 valence electrons. The molecule has 5 N–H and O–H groups in total. The Kier molecular flexibility index (Phi) is 8.17. The standard InChI is InChI=1S/C22H42N6O5Si/c1-14-6-5-9-32-21-17-19(24-12-25-21)27(13-31-10-11-34(2,3)4)22(30)28(17)16-8-7-15(18(23)29)20(26-16)33-14/h14-17,19-21,24-26H,5-13H2,1-4H3,(H2,23,29). The van der Waals surface area contributed by atoms with E-state index in [0.29, 0.717) is 32.7 Å². The summed E-state index contributed by atoms with van der Waals surface area (Å²) in [6, 6.07) is 0.692. The molecule has 4 aliphatic heterocycles. The quantitative estimate of drug-likeness (QED) is 0.309. The first kappa shape index (κ1) is 25.8. The van der Waals surface area contributed by atoms with Gasteiger partial charge in [-0.2, -0.15) is 0 Å². The molecule has 4 heterocycles. The second-order valence-corrected chi connectivity index (χ2v) is 16.7. The average Bonchev–Trinajstić information content (AvgIpc) is 3.04. The molecule has 0 aromatic carbocycles. The van der Waals surface area contributed by atoms with Crippen LogP contribution in [0.25, 0.3) is 0 Å². The van der Waals surface area contributed by atoms with Crippen molar-refractivity contribution in [3.8, 4) is 0 Å². The monoisotopic (exact) mass is 498 g/mol. The van der Waals surface area contributed by atoms with Gasteiger partial charge in [0, 0.05) is 28.0 Å². The van der Waals surface area contributed by atoms with E-state index in [2.05, 4.69) is 35.6 Å². The molecule has 11 nitrogen and oxygen atoms in total. The van der Waals surface area contributed by atoms with Gasteiger partial charge in [0.1, 0.15) is 31.4 Å². The second-order valence-electron chi connectivity index (χ2n) is 11.1. The lowest BCUT2D eigenvalue weighted by atomic mass is 9.93. The molecule has 7 unspecified atom stereocenters. The molecule has 3 amide bonds. The smallest absolute Gasteiger partial charge is 0.324 e. The molecule has 0 aromatic heterocycles. The zero-order valence-electron chi connectivity index (χ0n) is 20.9. The molecule has 0 spiro atoms. The highest BCUT2D eigenvalue weighted by atomic mass is 28.3. The summed E-state index contributed by atoms with van der Waals surface area (Å²) < 4.78 is 18.4. The predicted molar refractivity (Wildman–Crippen MR) is 129 cm³/mol. The van der Waals surface area contributed by atoms with E-state index in [-0.39, 0.29) is 49.4 Å². The molecule has 4 saturated heterocycles. The molecule has 0 aromatic rings. The van der Waals surface area contributed by atoms with Crippen LogP contribution in [0.4, 0.5) is 4.79 Å². The van der Waals surface area contributed by atoms with Gasteiger partial charge in [-0.05, 0) is 38.7 Å². The third-order valence-corrected chi connectivity index (χ3v) is 8.91. The van der Waals surface area contributed by atoms with Crippen molar-refractivity contribution in [3.05, 3.63) is 0 Å². The first-order valence-corrected chi connectivity index (χ1v) is 16.3. The maximum absolute atomic E-state index is 13.8. The van der Waals surface area contributed by atoms with Gasteiger partial charge in [-0.3, -0.25) is 30.5 Å². The van der Waals surface area contributed by atoms with Gasteiger partial charge in [0.05, 0.1) is 18.2 Å². The van der Waals surface area contributed by atoms with E-state index in [1.165, 1.54) is 0 Å². The summed E-state index contributed by atoms with van der Waals surface area (Å²) >= 11 is 0. The van der Waals surface area contributed by atoms with Crippen LogP contribution in [-0.4, -0.2) is 93.4 Å². The Balaban J connectivity index is 1.56. The number of piperidine rings is 1. The first-order valence-electron chi connectivity index (χ1n) is 12.6. The number of amides is 3. The molecular weight excluding hydrogens is 456 g/mol. The van der Waals surface area contributed by atoms with E-state index in [1.807, 2.05) is 11.8 Å². The molecule has 12 heteroatoms. The van der Waals surface area contributed by atoms with Gasteiger partial charge < -0.3 is 19.9 Å². The van der Waals surface area contributed by atoms with E-state index >= 15 is 0 Å². The fraction of sp³-hybridized carbons (Fsp3) is 0.909. The molecule has 2 bridgehead atoms. The molecule has 4 fully saturated rings. The Morgan fingerprint density at radius 1 is 1.21 bits per heavy atom. The molecular formula is C22H42N6O5Si. The topological polar surface area (TPSA) is 130 Å². The van der Waals surface area contributed by atoms with Crippen molar-refractivity contribution in [2.24, 2.45) is 11.7 Å². The minimum Gasteiger partial charge on any atom is -0.369 e. The molecule has 0 saturated carbocycles. The van der Waals surface area contributed by atoms with Gasteiger partial charge in [0.2, 0.25) is 5.91 Å². The van der Waals surface area contributed by atoms with Gasteiger partial charge >= 0.3 is 6.03 Å². The molecule has 4 rings (SSSR count). The number of nitrogens with one attached hydrogen (secondary N) is 3. The molecule has 0 aliphatic carbocycles. The van der Waals surface area contributed by atoms with Crippen molar-refractivity contribution in [2.45, 2.75) is 95.2 Å². The Morgan fingerprint density at radius 2 is 2.00 bits per heavy atom. The highest BCUT2D eigenvalue weighted by Crippen LogP contribution is 2.33. The number of nitrogens with zero attached hydrogens (tertiary/aromatic N) is 2. The van der Waals surface area contributed by atoms with Crippen LogP contribution in [0, 0.1) is 5.92 Å². The Morgan fingerprint density at radius 3 is 2.74 bits per heavy atom. The van der Waals surface area contributed by atoms with Crippen molar-refractivity contribution < 1.29 is 23.8 Å². The maximum Gasteiger partial charge on any atom is 0.324 e. The van der Waals surface area contributed by atoms with Crippen LogP contribution in [0.3, 0.4) is 0 Å². The summed E-state index contributed by atoms with van der Waals surface area (Å²) in [5.74, 6) is -0.800. The third-order valence-electron chi connectivity index (χ3n) is 7.20. The molecule has 7 atom stereocenters. The van der Waals surface area contributed by atoms with Crippen molar-refractivity contribution in [3.63, 3.8) is 0 Å². The normalized spacial score (nSPS) is 37.1. The van der Waals surface area contributed by atoms with Crippen molar-refractivity contribution in [1.82, 2.24) is 25.8 Å². The SMILES string of the molecule is CC1CCCOC2NCNC3C2N(C(=O)N3COCC[Si](C)(C)C)C2CCC(C(N)=O)C(N2)O1. The number of nitrogens with two attached hydrogens (primary N) is 1. The number of urea groups is 1. The summed E-state index contributed by atoms with van der Waals surface area (Å²) in [7, 11) is -1.23. The fourth-order valence-corrected chi connectivity index (χ4v) is 6.01. The Bertz CT molecular complexity index is 739. The largest absolute Gasteiger partial charge is 0.369 e. The highest BCUT2D eigenvalue weighted by molar-refractivity contribution is 6.76. The van der Waals surface area contributed by atoms with E-state index in [1.54, 1.807) is 4.90 Å². The van der Waals surface area contributed by atoms with Crippen LogP contribution in [0.2, 0.25) is 25.7 Å². The summed E-state index contributed by atoms with van der Waals surface area (Å²) in [6.07, 6.45) is 1.38. The minimum absolute atomic E-state index is 0.0591. The second kappa shape index (κ2) is 10.8. The fourth-order valence-electron chi connectivity index (χ4n) is 5.26. The van der Waals surface area contributed by atoms with Crippen LogP contribution in [0.5, 0.6) is 0 Å². The van der Waals surface area contributed by atoms with Crippen molar-refractivity contribution in [2.75, 3.05) is 26.6 Å². The zero-order chi connectivity index (χ0) is 24.5. The summed E-state index contributed by atoms with van der Waals surface area (Å²) in [5, 5.41) is 10.3. The van der Waals surface area contributed by atoms with Gasteiger partial charge in [-0.15, -0.1) is 0 Å². The molecule has 34 heavy (non-hydrogen) atoms. The van der Waals surface area contributed by atoms with E-state index < -0.39 is 20.2 Å². The van der Waals surface area contributed by atoms with E-state index in [0.717, 1.165) is 18.9 Å². The lowest BCUT2D eigenvalue weighted by Gasteiger charge is -2.45. The van der Waals surface area contributed by atoms with Crippen molar-refractivity contribution in [1.29, 1.82) is 0 Å². The third kappa shape index (κ3) is 5.74. The van der Waals surface area contributed by atoms with Crippen LogP contribution in [-0.2, 0) is 19.0 Å².